The number of hydrogen-bond acceptors (Lipinski definition) is 4. The first-order valence-electron chi connectivity index (χ1n) is 6.13. The molecule has 4 nitrogen and oxygen atoms in total. The number of aryl methyl sites for hydroxylation is 3. The Labute approximate surface area is 120 Å². The summed E-state index contributed by atoms with van der Waals surface area (Å²) in [5.74, 6) is 1.78. The average Bonchev–Trinajstić information content (AvgIpc) is 2.99. The molecule has 0 aliphatic rings. The Morgan fingerprint density at radius 2 is 2.21 bits per heavy atom. The summed E-state index contributed by atoms with van der Waals surface area (Å²) in [6, 6.07) is 5.99. The Balaban J connectivity index is 1.78. The molecular weight excluding hydrogens is 280 g/mol. The van der Waals surface area contributed by atoms with E-state index in [9.17, 15) is 0 Å². The topological polar surface area (TPSA) is 43.1 Å². The second-order valence-corrected chi connectivity index (χ2v) is 5.79. The van der Waals surface area contributed by atoms with Crippen molar-refractivity contribution in [2.24, 2.45) is 0 Å². The van der Waals surface area contributed by atoms with Gasteiger partial charge in [0.1, 0.15) is 16.8 Å². The fraction of sp³-hybridized carbons (Fsp3) is 0.308. The maximum absolute atomic E-state index is 5.91. The maximum atomic E-state index is 5.91. The molecule has 0 bridgehead atoms. The number of halogens is 1. The predicted octanol–water partition coefficient (Wildman–Crippen LogP) is 3.32. The van der Waals surface area contributed by atoms with E-state index in [0.717, 1.165) is 36.6 Å². The van der Waals surface area contributed by atoms with Gasteiger partial charge in [0.05, 0.1) is 0 Å². The lowest BCUT2D eigenvalue weighted by Crippen LogP contribution is -2.01. The molecule has 3 aromatic rings. The monoisotopic (exact) mass is 292 g/mol. The summed E-state index contributed by atoms with van der Waals surface area (Å²) in [4.78, 5) is 5.65. The number of thiophene rings is 1. The van der Waals surface area contributed by atoms with E-state index in [2.05, 4.69) is 32.7 Å². The minimum absolute atomic E-state index is 0.461. The van der Waals surface area contributed by atoms with Crippen LogP contribution in [0.1, 0.15) is 22.9 Å². The van der Waals surface area contributed by atoms with Crippen LogP contribution in [0.5, 0.6) is 0 Å². The minimum atomic E-state index is 0.461. The number of hydrogen-bond donors (Lipinski definition) is 0. The summed E-state index contributed by atoms with van der Waals surface area (Å²) in [6.45, 7) is 1.92. The molecule has 0 atom stereocenters. The first-order valence-corrected chi connectivity index (χ1v) is 7.39. The molecule has 0 saturated carbocycles. The fourth-order valence-electron chi connectivity index (χ4n) is 2.16. The molecule has 19 heavy (non-hydrogen) atoms. The molecule has 0 N–H and O–H groups in total. The normalized spacial score (nSPS) is 11.3. The van der Waals surface area contributed by atoms with Crippen molar-refractivity contribution < 1.29 is 0 Å². The van der Waals surface area contributed by atoms with Gasteiger partial charge < -0.3 is 0 Å². The van der Waals surface area contributed by atoms with Crippen LogP contribution in [0.3, 0.4) is 0 Å². The number of aromatic nitrogens is 4. The highest BCUT2D eigenvalue weighted by atomic mass is 35.5. The van der Waals surface area contributed by atoms with Crippen molar-refractivity contribution >= 4 is 28.6 Å². The molecule has 3 aromatic heterocycles. The molecule has 0 unspecified atom stereocenters. The molecule has 0 spiro atoms. The zero-order valence-electron chi connectivity index (χ0n) is 10.5. The molecule has 3 heterocycles. The van der Waals surface area contributed by atoms with Crippen LogP contribution in [-0.4, -0.2) is 19.6 Å². The molecular formula is C13H13ClN4S. The van der Waals surface area contributed by atoms with Crippen LogP contribution in [0.25, 0.3) is 5.65 Å². The molecule has 0 radical (unpaired) electrons. The van der Waals surface area contributed by atoms with Gasteiger partial charge in [-0.05, 0) is 31.2 Å². The standard InChI is InChI=1S/C13H13ClN4S/c1-9-15-11(14)8-13-17-16-12(18(9)13)6-2-4-10-5-3-7-19-10/h3,5,7-8H,2,4,6H2,1H3. The van der Waals surface area contributed by atoms with E-state index >= 15 is 0 Å². The van der Waals surface area contributed by atoms with Gasteiger partial charge in [0.25, 0.3) is 0 Å². The Hall–Kier alpha value is -1.46. The molecule has 6 heteroatoms. The van der Waals surface area contributed by atoms with Crippen molar-refractivity contribution in [2.45, 2.75) is 26.2 Å². The van der Waals surface area contributed by atoms with Crippen LogP contribution >= 0.6 is 22.9 Å². The van der Waals surface area contributed by atoms with Gasteiger partial charge in [0, 0.05) is 17.4 Å². The lowest BCUT2D eigenvalue weighted by Gasteiger charge is -2.03. The molecule has 3 rings (SSSR count). The second kappa shape index (κ2) is 5.27. The second-order valence-electron chi connectivity index (χ2n) is 4.37. The van der Waals surface area contributed by atoms with Crippen LogP contribution in [0, 0.1) is 6.92 Å². The lowest BCUT2D eigenvalue weighted by atomic mass is 10.2. The minimum Gasteiger partial charge on any atom is -0.267 e. The first-order chi connectivity index (χ1) is 9.24. The van der Waals surface area contributed by atoms with Gasteiger partial charge in [-0.1, -0.05) is 17.7 Å². The Kier molecular flexibility index (Phi) is 3.48. The van der Waals surface area contributed by atoms with E-state index < -0.39 is 0 Å². The molecule has 0 saturated heterocycles. The van der Waals surface area contributed by atoms with Gasteiger partial charge in [-0.15, -0.1) is 21.5 Å². The van der Waals surface area contributed by atoms with Gasteiger partial charge in [0.15, 0.2) is 5.65 Å². The van der Waals surface area contributed by atoms with Gasteiger partial charge in [-0.3, -0.25) is 4.40 Å². The third kappa shape index (κ3) is 2.62. The Morgan fingerprint density at radius 1 is 1.32 bits per heavy atom. The zero-order valence-corrected chi connectivity index (χ0v) is 12.1. The van der Waals surface area contributed by atoms with Crippen molar-refractivity contribution in [3.63, 3.8) is 0 Å². The molecule has 0 aliphatic carbocycles. The van der Waals surface area contributed by atoms with Crippen LogP contribution in [0.2, 0.25) is 5.15 Å². The van der Waals surface area contributed by atoms with Gasteiger partial charge >= 0.3 is 0 Å². The SMILES string of the molecule is Cc1nc(Cl)cc2nnc(CCCc3cccs3)n12. The fourth-order valence-corrected chi connectivity index (χ4v) is 3.13. The van der Waals surface area contributed by atoms with Crippen LogP contribution in [0.15, 0.2) is 23.6 Å². The van der Waals surface area contributed by atoms with E-state index in [0.29, 0.717) is 5.15 Å². The first kappa shape index (κ1) is 12.6. The maximum Gasteiger partial charge on any atom is 0.165 e. The third-order valence-electron chi connectivity index (χ3n) is 3.00. The molecule has 0 aliphatic heterocycles. The van der Waals surface area contributed by atoms with Crippen molar-refractivity contribution in [3.05, 3.63) is 45.3 Å². The summed E-state index contributed by atoms with van der Waals surface area (Å²) < 4.78 is 1.97. The van der Waals surface area contributed by atoms with Crippen LogP contribution in [0.4, 0.5) is 0 Å². The van der Waals surface area contributed by atoms with Gasteiger partial charge in [-0.25, -0.2) is 4.98 Å². The highest BCUT2D eigenvalue weighted by molar-refractivity contribution is 7.09. The van der Waals surface area contributed by atoms with Crippen LogP contribution < -0.4 is 0 Å². The van der Waals surface area contributed by atoms with E-state index in [-0.39, 0.29) is 0 Å². The van der Waals surface area contributed by atoms with Crippen molar-refractivity contribution in [2.75, 3.05) is 0 Å². The summed E-state index contributed by atoms with van der Waals surface area (Å²) in [5, 5.41) is 11.0. The molecule has 0 amide bonds. The van der Waals surface area contributed by atoms with E-state index in [1.807, 2.05) is 11.3 Å². The number of rotatable bonds is 4. The van der Waals surface area contributed by atoms with Crippen LogP contribution in [-0.2, 0) is 12.8 Å². The zero-order chi connectivity index (χ0) is 13.2. The third-order valence-corrected chi connectivity index (χ3v) is 4.13. The summed E-state index contributed by atoms with van der Waals surface area (Å²) in [5.41, 5.74) is 0.767. The number of nitrogens with zero attached hydrogens (tertiary/aromatic N) is 4. The summed E-state index contributed by atoms with van der Waals surface area (Å²) in [6.07, 6.45) is 3.03. The quantitative estimate of drug-likeness (QED) is 0.693. The van der Waals surface area contributed by atoms with Crippen molar-refractivity contribution in [3.8, 4) is 0 Å². The van der Waals surface area contributed by atoms with Gasteiger partial charge in [0.2, 0.25) is 0 Å². The van der Waals surface area contributed by atoms with Crippen molar-refractivity contribution in [1.82, 2.24) is 19.6 Å². The predicted molar refractivity (Wildman–Crippen MR) is 76.9 cm³/mol. The van der Waals surface area contributed by atoms with E-state index in [4.69, 9.17) is 11.6 Å². The average molecular weight is 293 g/mol. The summed E-state index contributed by atoms with van der Waals surface area (Å²) >= 11 is 7.71. The largest absolute Gasteiger partial charge is 0.267 e. The summed E-state index contributed by atoms with van der Waals surface area (Å²) in [7, 11) is 0. The number of fused-ring (bicyclic) bond motifs is 1. The highest BCUT2D eigenvalue weighted by Crippen LogP contribution is 2.15. The molecule has 0 fully saturated rings. The van der Waals surface area contributed by atoms with Crippen molar-refractivity contribution in [1.29, 1.82) is 0 Å². The Bertz CT molecular complexity index is 690. The lowest BCUT2D eigenvalue weighted by molar-refractivity contribution is 0.755. The van der Waals surface area contributed by atoms with Gasteiger partial charge in [-0.2, -0.15) is 0 Å². The smallest absolute Gasteiger partial charge is 0.165 e. The van der Waals surface area contributed by atoms with E-state index in [1.54, 1.807) is 17.4 Å². The molecule has 98 valence electrons. The highest BCUT2D eigenvalue weighted by Gasteiger charge is 2.09. The Morgan fingerprint density at radius 3 is 3.00 bits per heavy atom. The van der Waals surface area contributed by atoms with E-state index in [1.165, 1.54) is 4.88 Å². The molecule has 0 aromatic carbocycles.